The molecule has 41 heavy (non-hydrogen) atoms. The van der Waals surface area contributed by atoms with E-state index >= 15 is 0 Å². The zero-order valence-electron chi connectivity index (χ0n) is 22.5. The average Bonchev–Trinajstić information content (AvgIpc) is 3.21. The van der Waals surface area contributed by atoms with Crippen LogP contribution in [-0.4, -0.2) is 66.3 Å². The number of halogens is 3. The second-order valence-corrected chi connectivity index (χ2v) is 9.21. The minimum Gasteiger partial charge on any atom is -0.460 e. The summed E-state index contributed by atoms with van der Waals surface area (Å²) in [5.74, 6) is -2.32. The van der Waals surface area contributed by atoms with Crippen molar-refractivity contribution in [1.29, 1.82) is 5.41 Å². The summed E-state index contributed by atoms with van der Waals surface area (Å²) in [7, 11) is 0. The summed E-state index contributed by atoms with van der Waals surface area (Å²) >= 11 is 0. The van der Waals surface area contributed by atoms with Crippen LogP contribution in [0.2, 0.25) is 0 Å². The van der Waals surface area contributed by atoms with Gasteiger partial charge >= 0.3 is 5.97 Å². The number of nitrogens with zero attached hydrogens (tertiary/aromatic N) is 1. The number of hydrogen-bond donors (Lipinski definition) is 4. The fourth-order valence-corrected chi connectivity index (χ4v) is 4.22. The molecular formula is C28H36Cl2FN5O5. The minimum atomic E-state index is -1.04. The van der Waals surface area contributed by atoms with Crippen LogP contribution in [0, 0.1) is 5.41 Å². The Hall–Kier alpha value is -3.54. The van der Waals surface area contributed by atoms with Crippen LogP contribution < -0.4 is 16.4 Å². The Morgan fingerprint density at radius 3 is 2.07 bits per heavy atom. The molecular weight excluding hydrogens is 576 g/mol. The number of amides is 3. The van der Waals surface area contributed by atoms with Gasteiger partial charge in [0.05, 0.1) is 11.1 Å². The smallest absolute Gasteiger partial charge is 0.323 e. The van der Waals surface area contributed by atoms with Crippen LogP contribution in [0.4, 0.5) is 4.39 Å². The van der Waals surface area contributed by atoms with Crippen LogP contribution in [0.25, 0.3) is 0 Å². The van der Waals surface area contributed by atoms with E-state index < -0.39 is 42.4 Å². The van der Waals surface area contributed by atoms with Gasteiger partial charge in [0.25, 0.3) is 11.8 Å². The van der Waals surface area contributed by atoms with Gasteiger partial charge in [-0.05, 0) is 49.8 Å². The van der Waals surface area contributed by atoms with Gasteiger partial charge in [-0.25, -0.2) is 4.39 Å². The number of carbonyl (C=O) groups excluding carboxylic acids is 4. The van der Waals surface area contributed by atoms with Crippen LogP contribution in [0.3, 0.4) is 0 Å². The number of ether oxygens (including phenoxy) is 1. The molecule has 3 amide bonds. The normalized spacial score (nSPS) is 13.3. The third-order valence-corrected chi connectivity index (χ3v) is 6.33. The molecule has 13 heteroatoms. The Morgan fingerprint density at radius 1 is 0.878 bits per heavy atom. The van der Waals surface area contributed by atoms with Crippen LogP contribution in [0.1, 0.15) is 58.4 Å². The Labute approximate surface area is 250 Å². The number of unbranched alkanes of at least 4 members (excludes halogenated alkanes) is 1. The van der Waals surface area contributed by atoms with Gasteiger partial charge in [0.15, 0.2) is 0 Å². The maximum atomic E-state index is 13.1. The molecule has 2 aromatic carbocycles. The number of alkyl halides is 1. The number of rotatable bonds is 15. The lowest BCUT2D eigenvalue weighted by Gasteiger charge is -2.25. The number of carbonyl (C=O) groups is 4. The van der Waals surface area contributed by atoms with Crippen molar-refractivity contribution in [2.45, 2.75) is 50.8 Å². The van der Waals surface area contributed by atoms with Gasteiger partial charge in [0, 0.05) is 13.1 Å². The molecule has 3 rings (SSSR count). The van der Waals surface area contributed by atoms with Gasteiger partial charge in [-0.3, -0.25) is 29.5 Å². The lowest BCUT2D eigenvalue weighted by atomic mass is 10.1. The van der Waals surface area contributed by atoms with Crippen molar-refractivity contribution in [2.24, 2.45) is 5.73 Å². The molecule has 0 fully saturated rings. The Balaban J connectivity index is 0.00000420. The van der Waals surface area contributed by atoms with Crippen molar-refractivity contribution in [3.8, 4) is 0 Å². The molecule has 1 aliphatic heterocycles. The fraction of sp³-hybridized carbons (Fsp3) is 0.393. The molecule has 0 saturated heterocycles. The molecule has 0 radical (unpaired) electrons. The molecule has 0 spiro atoms. The van der Waals surface area contributed by atoms with Crippen molar-refractivity contribution in [1.82, 2.24) is 15.5 Å². The molecule has 2 aromatic rings. The summed E-state index contributed by atoms with van der Waals surface area (Å²) in [4.78, 5) is 52.3. The highest BCUT2D eigenvalue weighted by Crippen LogP contribution is 2.26. The predicted octanol–water partition coefficient (Wildman–Crippen LogP) is 3.17. The van der Waals surface area contributed by atoms with Crippen LogP contribution in [-0.2, 0) is 20.9 Å². The quantitative estimate of drug-likeness (QED) is 0.0792. The molecule has 2 atom stereocenters. The Kier molecular flexibility index (Phi) is 15.6. The first-order valence-electron chi connectivity index (χ1n) is 12.9. The van der Waals surface area contributed by atoms with Crippen LogP contribution >= 0.6 is 24.8 Å². The first-order valence-corrected chi connectivity index (χ1v) is 12.9. The molecule has 0 bridgehead atoms. The summed E-state index contributed by atoms with van der Waals surface area (Å²) < 4.78 is 17.7. The number of esters is 1. The van der Waals surface area contributed by atoms with Crippen molar-refractivity contribution in [3.63, 3.8) is 0 Å². The maximum Gasteiger partial charge on any atom is 0.323 e. The second kappa shape index (κ2) is 18.0. The molecule has 1 aliphatic rings. The standard InChI is InChI=1S/C28H34FN5O5.2ClH/c29-17-24(31)32-15-7-6-14-23(34-26(36)20-11-4-5-12-21(20)27(34)37)25(35)33-16-8-13-22(30)28(38)39-18-19-9-2-1-3-10-19;;/h1-5,9-12,22-23H,6-8,13-18,30H2,(H2,31,32)(H,33,35);2*1H. The number of benzene rings is 2. The predicted molar refractivity (Wildman–Crippen MR) is 157 cm³/mol. The van der Waals surface area contributed by atoms with Gasteiger partial charge in [0.1, 0.15) is 31.2 Å². The van der Waals surface area contributed by atoms with Crippen LogP contribution in [0.15, 0.2) is 54.6 Å². The van der Waals surface area contributed by atoms with E-state index in [9.17, 15) is 23.6 Å². The highest BCUT2D eigenvalue weighted by atomic mass is 35.5. The molecule has 2 unspecified atom stereocenters. The third kappa shape index (κ3) is 10.1. The van der Waals surface area contributed by atoms with E-state index in [1.165, 1.54) is 0 Å². The molecule has 10 nitrogen and oxygen atoms in total. The van der Waals surface area contributed by atoms with Gasteiger partial charge in [0.2, 0.25) is 5.91 Å². The SMILES string of the molecule is Cl.Cl.N=C(CF)NCCCCC(C(=O)NCCCC(N)C(=O)OCc1ccccc1)N1C(=O)c2ccccc2C1=O. The lowest BCUT2D eigenvalue weighted by Crippen LogP contribution is -2.50. The number of nitrogens with one attached hydrogen (secondary N) is 3. The maximum absolute atomic E-state index is 13.1. The van der Waals surface area contributed by atoms with E-state index in [0.29, 0.717) is 25.8 Å². The molecule has 0 aromatic heterocycles. The van der Waals surface area contributed by atoms with Gasteiger partial charge in [-0.1, -0.05) is 42.5 Å². The monoisotopic (exact) mass is 611 g/mol. The van der Waals surface area contributed by atoms with Crippen molar-refractivity contribution in [2.75, 3.05) is 19.8 Å². The second-order valence-electron chi connectivity index (χ2n) is 9.21. The average molecular weight is 613 g/mol. The van der Waals surface area contributed by atoms with E-state index in [4.69, 9.17) is 15.9 Å². The third-order valence-electron chi connectivity index (χ3n) is 6.33. The number of imide groups is 1. The zero-order valence-corrected chi connectivity index (χ0v) is 24.1. The number of fused-ring (bicyclic) bond motifs is 1. The van der Waals surface area contributed by atoms with Crippen LogP contribution in [0.5, 0.6) is 0 Å². The zero-order chi connectivity index (χ0) is 28.2. The summed E-state index contributed by atoms with van der Waals surface area (Å²) in [6, 6.07) is 13.7. The van der Waals surface area contributed by atoms with Gasteiger partial charge in [-0.2, -0.15) is 0 Å². The van der Waals surface area contributed by atoms with Crippen molar-refractivity contribution in [3.05, 3.63) is 71.3 Å². The first kappa shape index (κ1) is 35.5. The Morgan fingerprint density at radius 2 is 1.46 bits per heavy atom. The molecule has 0 aliphatic carbocycles. The molecule has 1 heterocycles. The largest absolute Gasteiger partial charge is 0.460 e. The van der Waals surface area contributed by atoms with E-state index in [1.807, 2.05) is 30.3 Å². The summed E-state index contributed by atoms with van der Waals surface area (Å²) in [5, 5.41) is 12.7. The fourth-order valence-electron chi connectivity index (χ4n) is 4.22. The van der Waals surface area contributed by atoms with Gasteiger partial charge < -0.3 is 21.1 Å². The summed E-state index contributed by atoms with van der Waals surface area (Å²) in [6.07, 6.45) is 1.83. The molecule has 5 N–H and O–H groups in total. The number of nitrogens with two attached hydrogens (primary N) is 1. The summed E-state index contributed by atoms with van der Waals surface area (Å²) in [5.41, 5.74) is 7.28. The lowest BCUT2D eigenvalue weighted by molar-refractivity contribution is -0.146. The summed E-state index contributed by atoms with van der Waals surface area (Å²) in [6.45, 7) is -0.254. The Bertz CT molecular complexity index is 1150. The highest BCUT2D eigenvalue weighted by molar-refractivity contribution is 6.22. The molecule has 0 saturated carbocycles. The van der Waals surface area contributed by atoms with E-state index in [1.54, 1.807) is 24.3 Å². The first-order chi connectivity index (χ1) is 18.8. The minimum absolute atomic E-state index is 0. The van der Waals surface area contributed by atoms with E-state index in [0.717, 1.165) is 10.5 Å². The number of amidine groups is 1. The van der Waals surface area contributed by atoms with Crippen molar-refractivity contribution >= 4 is 54.3 Å². The van der Waals surface area contributed by atoms with Crippen molar-refractivity contribution < 1.29 is 28.3 Å². The van der Waals surface area contributed by atoms with E-state index in [2.05, 4.69) is 10.6 Å². The van der Waals surface area contributed by atoms with Gasteiger partial charge in [-0.15, -0.1) is 24.8 Å². The molecule has 224 valence electrons. The highest BCUT2D eigenvalue weighted by Gasteiger charge is 2.42. The van der Waals surface area contributed by atoms with E-state index in [-0.39, 0.29) is 67.8 Å². The topological polar surface area (TPSA) is 155 Å². The number of hydrogen-bond acceptors (Lipinski definition) is 7.